The Morgan fingerprint density at radius 2 is 1.69 bits per heavy atom. The minimum Gasteiger partial charge on any atom is -0.243 e. The SMILES string of the molecule is C=C1N=C(C)C(C)=NN1C(C)(C)C. The quantitative estimate of drug-likeness (QED) is 0.561. The predicted molar refractivity (Wildman–Crippen MR) is 57.0 cm³/mol. The molecule has 0 aliphatic carbocycles. The molecular weight excluding hydrogens is 162 g/mol. The summed E-state index contributed by atoms with van der Waals surface area (Å²) >= 11 is 0. The van der Waals surface area contributed by atoms with Crippen molar-refractivity contribution in [2.75, 3.05) is 0 Å². The molecule has 72 valence electrons. The van der Waals surface area contributed by atoms with Crippen molar-refractivity contribution in [2.45, 2.75) is 40.2 Å². The zero-order valence-corrected chi connectivity index (χ0v) is 9.05. The third kappa shape index (κ3) is 1.97. The molecule has 13 heavy (non-hydrogen) atoms. The van der Waals surface area contributed by atoms with Crippen LogP contribution in [0, 0.1) is 0 Å². The molecule has 1 rings (SSSR count). The molecule has 0 saturated carbocycles. The van der Waals surface area contributed by atoms with Gasteiger partial charge in [-0.15, -0.1) is 0 Å². The summed E-state index contributed by atoms with van der Waals surface area (Å²) in [6.07, 6.45) is 0. The molecule has 1 aliphatic heterocycles. The largest absolute Gasteiger partial charge is 0.243 e. The second kappa shape index (κ2) is 2.98. The van der Waals surface area contributed by atoms with Crippen molar-refractivity contribution < 1.29 is 0 Å². The van der Waals surface area contributed by atoms with Crippen LogP contribution in [0.2, 0.25) is 0 Å². The molecule has 0 unspecified atom stereocenters. The van der Waals surface area contributed by atoms with E-state index in [1.54, 1.807) is 0 Å². The van der Waals surface area contributed by atoms with Crippen LogP contribution in [-0.4, -0.2) is 22.0 Å². The van der Waals surface area contributed by atoms with Crippen LogP contribution in [0.5, 0.6) is 0 Å². The van der Waals surface area contributed by atoms with Crippen LogP contribution in [0.4, 0.5) is 0 Å². The van der Waals surface area contributed by atoms with Crippen LogP contribution >= 0.6 is 0 Å². The molecule has 0 amide bonds. The monoisotopic (exact) mass is 179 g/mol. The average molecular weight is 179 g/mol. The second-order valence-electron chi connectivity index (χ2n) is 4.28. The van der Waals surface area contributed by atoms with E-state index < -0.39 is 0 Å². The summed E-state index contributed by atoms with van der Waals surface area (Å²) in [6, 6.07) is 0. The molecule has 0 aromatic carbocycles. The highest BCUT2D eigenvalue weighted by atomic mass is 15.5. The third-order valence-electron chi connectivity index (χ3n) is 1.95. The van der Waals surface area contributed by atoms with E-state index in [1.165, 1.54) is 0 Å². The van der Waals surface area contributed by atoms with Gasteiger partial charge >= 0.3 is 0 Å². The Kier molecular flexibility index (Phi) is 2.28. The Hall–Kier alpha value is -1.12. The highest BCUT2D eigenvalue weighted by Crippen LogP contribution is 2.22. The Balaban J connectivity index is 3.01. The highest BCUT2D eigenvalue weighted by molar-refractivity contribution is 6.41. The van der Waals surface area contributed by atoms with Gasteiger partial charge in [-0.25, -0.2) is 10.0 Å². The molecule has 1 aliphatic rings. The number of aliphatic imine (C=N–C) groups is 1. The van der Waals surface area contributed by atoms with Crippen LogP contribution in [0.15, 0.2) is 22.5 Å². The summed E-state index contributed by atoms with van der Waals surface area (Å²) in [5, 5.41) is 6.29. The van der Waals surface area contributed by atoms with Crippen molar-refractivity contribution in [3.63, 3.8) is 0 Å². The summed E-state index contributed by atoms with van der Waals surface area (Å²) < 4.78 is 0. The molecule has 0 N–H and O–H groups in total. The van der Waals surface area contributed by atoms with Crippen LogP contribution in [0.1, 0.15) is 34.6 Å². The van der Waals surface area contributed by atoms with Crippen LogP contribution < -0.4 is 0 Å². The van der Waals surface area contributed by atoms with Crippen LogP contribution in [0.25, 0.3) is 0 Å². The topological polar surface area (TPSA) is 28.0 Å². The lowest BCUT2D eigenvalue weighted by atomic mass is 10.1. The summed E-state index contributed by atoms with van der Waals surface area (Å²) in [5.41, 5.74) is 1.86. The number of hydrazone groups is 1. The van der Waals surface area contributed by atoms with Gasteiger partial charge in [0.2, 0.25) is 0 Å². The van der Waals surface area contributed by atoms with Gasteiger partial charge in [-0.05, 0) is 34.6 Å². The van der Waals surface area contributed by atoms with Crippen molar-refractivity contribution >= 4 is 11.4 Å². The number of rotatable bonds is 0. The molecule has 0 radical (unpaired) electrons. The zero-order valence-electron chi connectivity index (χ0n) is 9.05. The first kappa shape index (κ1) is 9.96. The fraction of sp³-hybridized carbons (Fsp3) is 0.600. The first-order chi connectivity index (χ1) is 5.82. The highest BCUT2D eigenvalue weighted by Gasteiger charge is 2.25. The van der Waals surface area contributed by atoms with E-state index in [4.69, 9.17) is 0 Å². The molecule has 1 heterocycles. The summed E-state index contributed by atoms with van der Waals surface area (Å²) in [7, 11) is 0. The maximum absolute atomic E-state index is 4.44. The van der Waals surface area contributed by atoms with Crippen LogP contribution in [-0.2, 0) is 0 Å². The number of hydrogen-bond donors (Lipinski definition) is 0. The second-order valence-corrected chi connectivity index (χ2v) is 4.28. The van der Waals surface area contributed by atoms with Crippen molar-refractivity contribution in [1.82, 2.24) is 5.01 Å². The molecule has 0 aromatic heterocycles. The van der Waals surface area contributed by atoms with Gasteiger partial charge in [0.1, 0.15) is 5.82 Å². The molecule has 0 bridgehead atoms. The Labute approximate surface area is 79.8 Å². The maximum atomic E-state index is 4.44. The Morgan fingerprint density at radius 1 is 1.15 bits per heavy atom. The summed E-state index contributed by atoms with van der Waals surface area (Å²) in [4.78, 5) is 4.33. The van der Waals surface area contributed by atoms with Gasteiger partial charge in [-0.2, -0.15) is 5.10 Å². The van der Waals surface area contributed by atoms with Gasteiger partial charge in [0, 0.05) is 0 Å². The molecule has 0 saturated heterocycles. The van der Waals surface area contributed by atoms with Crippen molar-refractivity contribution in [2.24, 2.45) is 10.1 Å². The molecule has 3 heteroatoms. The van der Waals surface area contributed by atoms with E-state index in [2.05, 4.69) is 37.4 Å². The molecule has 0 spiro atoms. The minimum atomic E-state index is -0.0530. The Morgan fingerprint density at radius 3 is 2.15 bits per heavy atom. The number of nitrogens with zero attached hydrogens (tertiary/aromatic N) is 3. The van der Waals surface area contributed by atoms with Crippen molar-refractivity contribution in [3.05, 3.63) is 12.4 Å². The van der Waals surface area contributed by atoms with Crippen molar-refractivity contribution in [3.8, 4) is 0 Å². The van der Waals surface area contributed by atoms with Gasteiger partial charge in [-0.3, -0.25) is 0 Å². The molecule has 3 nitrogen and oxygen atoms in total. The van der Waals surface area contributed by atoms with E-state index in [0.29, 0.717) is 0 Å². The maximum Gasteiger partial charge on any atom is 0.142 e. The third-order valence-corrected chi connectivity index (χ3v) is 1.95. The Bertz CT molecular complexity index is 292. The van der Waals surface area contributed by atoms with Gasteiger partial charge in [-0.1, -0.05) is 6.58 Å². The average Bonchev–Trinajstić information content (AvgIpc) is 1.94. The van der Waals surface area contributed by atoms with Gasteiger partial charge in [0.25, 0.3) is 0 Å². The zero-order chi connectivity index (χ0) is 10.2. The fourth-order valence-corrected chi connectivity index (χ4v) is 1.14. The number of hydrogen-bond acceptors (Lipinski definition) is 3. The lowest BCUT2D eigenvalue weighted by Crippen LogP contribution is -2.39. The van der Waals surface area contributed by atoms with E-state index in [0.717, 1.165) is 17.2 Å². The van der Waals surface area contributed by atoms with Gasteiger partial charge in [0.05, 0.1) is 17.0 Å². The standard InChI is InChI=1S/C10H17N3/c1-7-8(2)12-13(9(3)11-7)10(4,5)6/h3H2,1-2,4-6H3. The van der Waals surface area contributed by atoms with Crippen molar-refractivity contribution in [1.29, 1.82) is 0 Å². The van der Waals surface area contributed by atoms with E-state index in [1.807, 2.05) is 18.9 Å². The first-order valence-corrected chi connectivity index (χ1v) is 4.42. The summed E-state index contributed by atoms with van der Waals surface area (Å²) in [5.74, 6) is 0.718. The molecule has 0 atom stereocenters. The molecule has 0 aromatic rings. The smallest absolute Gasteiger partial charge is 0.142 e. The molecule has 0 fully saturated rings. The van der Waals surface area contributed by atoms with Crippen LogP contribution in [0.3, 0.4) is 0 Å². The first-order valence-electron chi connectivity index (χ1n) is 4.42. The van der Waals surface area contributed by atoms with E-state index in [-0.39, 0.29) is 5.54 Å². The van der Waals surface area contributed by atoms with E-state index in [9.17, 15) is 0 Å². The lowest BCUT2D eigenvalue weighted by Gasteiger charge is -2.35. The summed E-state index contributed by atoms with van der Waals surface area (Å²) in [6.45, 7) is 14.1. The van der Waals surface area contributed by atoms with Gasteiger partial charge in [0.15, 0.2) is 0 Å². The van der Waals surface area contributed by atoms with Gasteiger partial charge < -0.3 is 0 Å². The molecular formula is C10H17N3. The lowest BCUT2D eigenvalue weighted by molar-refractivity contribution is 0.191. The fourth-order valence-electron chi connectivity index (χ4n) is 1.14. The normalized spacial score (nSPS) is 18.5. The van der Waals surface area contributed by atoms with E-state index >= 15 is 0 Å². The predicted octanol–water partition coefficient (Wildman–Crippen LogP) is 2.41. The minimum absolute atomic E-state index is 0.0530.